The maximum atomic E-state index is 11.1. The molecule has 0 bridgehead atoms. The van der Waals surface area contributed by atoms with E-state index in [1.165, 1.54) is 31.9 Å². The zero-order chi connectivity index (χ0) is 14.8. The maximum absolute atomic E-state index is 11.1. The van der Waals surface area contributed by atoms with E-state index < -0.39 is 5.91 Å². The molecule has 3 rings (SSSR count). The van der Waals surface area contributed by atoms with Gasteiger partial charge < -0.3 is 10.6 Å². The predicted octanol–water partition coefficient (Wildman–Crippen LogP) is 1.90. The van der Waals surface area contributed by atoms with Gasteiger partial charge in [0, 0.05) is 38.4 Å². The molecule has 0 aromatic carbocycles. The van der Waals surface area contributed by atoms with Crippen LogP contribution in [0, 0.1) is 0 Å². The number of nitrogens with zero attached hydrogens (tertiary/aromatic N) is 3. The van der Waals surface area contributed by atoms with Crippen LogP contribution in [0.1, 0.15) is 36.0 Å². The molecule has 21 heavy (non-hydrogen) atoms. The van der Waals surface area contributed by atoms with E-state index in [9.17, 15) is 4.79 Å². The summed E-state index contributed by atoms with van der Waals surface area (Å²) >= 11 is 6.24. The van der Waals surface area contributed by atoms with Gasteiger partial charge in [0.15, 0.2) is 0 Å². The molecule has 1 aromatic rings. The van der Waals surface area contributed by atoms with Gasteiger partial charge in [0.25, 0.3) is 0 Å². The first-order valence-electron chi connectivity index (χ1n) is 7.59. The molecular formula is C15H21ClN4O. The van der Waals surface area contributed by atoms with Crippen molar-refractivity contribution in [3.63, 3.8) is 0 Å². The molecule has 0 radical (unpaired) electrons. The first-order valence-corrected chi connectivity index (χ1v) is 7.97. The molecule has 2 aliphatic rings. The number of pyridine rings is 1. The van der Waals surface area contributed by atoms with Gasteiger partial charge in [0.05, 0.1) is 10.6 Å². The third-order valence-electron chi connectivity index (χ3n) is 4.56. The Balaban J connectivity index is 1.65. The second-order valence-electron chi connectivity index (χ2n) is 5.85. The zero-order valence-electron chi connectivity index (χ0n) is 12.1. The first-order chi connectivity index (χ1) is 10.1. The third kappa shape index (κ3) is 3.14. The Labute approximate surface area is 130 Å². The van der Waals surface area contributed by atoms with Gasteiger partial charge >= 0.3 is 0 Å². The quantitative estimate of drug-likeness (QED) is 0.926. The lowest BCUT2D eigenvalue weighted by Crippen LogP contribution is -2.50. The SMILES string of the molecule is NC(=O)c1cnc(N2CCN(C3CCCC3)CC2)c(Cl)c1. The van der Waals surface area contributed by atoms with Gasteiger partial charge in [-0.2, -0.15) is 0 Å². The first kappa shape index (κ1) is 14.6. The van der Waals surface area contributed by atoms with Gasteiger partial charge in [0.1, 0.15) is 5.82 Å². The standard InChI is InChI=1S/C15H21ClN4O/c16-13-9-11(14(17)21)10-18-15(13)20-7-5-19(6-8-20)12-3-1-2-4-12/h9-10,12H,1-8H2,(H2,17,21). The Morgan fingerprint density at radius 1 is 1.24 bits per heavy atom. The number of halogens is 1. The van der Waals surface area contributed by atoms with Crippen LogP contribution in [-0.2, 0) is 0 Å². The topological polar surface area (TPSA) is 62.5 Å². The van der Waals surface area contributed by atoms with Gasteiger partial charge in [0.2, 0.25) is 5.91 Å². The number of primary amides is 1. The van der Waals surface area contributed by atoms with E-state index in [1.807, 2.05) is 0 Å². The van der Waals surface area contributed by atoms with Crippen molar-refractivity contribution in [2.45, 2.75) is 31.7 Å². The molecule has 2 N–H and O–H groups in total. The summed E-state index contributed by atoms with van der Waals surface area (Å²) in [5.74, 6) is 0.259. The highest BCUT2D eigenvalue weighted by atomic mass is 35.5. The molecule has 1 aromatic heterocycles. The lowest BCUT2D eigenvalue weighted by Gasteiger charge is -2.38. The van der Waals surface area contributed by atoms with Crippen LogP contribution in [0.15, 0.2) is 12.3 Å². The number of hydrogen-bond acceptors (Lipinski definition) is 4. The number of aromatic nitrogens is 1. The lowest BCUT2D eigenvalue weighted by molar-refractivity contribution is 0.1000. The van der Waals surface area contributed by atoms with Gasteiger partial charge in [-0.05, 0) is 18.9 Å². The Kier molecular flexibility index (Phi) is 4.31. The van der Waals surface area contributed by atoms with Crippen LogP contribution in [0.4, 0.5) is 5.82 Å². The van der Waals surface area contributed by atoms with Crippen LogP contribution in [0.2, 0.25) is 5.02 Å². The number of anilines is 1. The summed E-state index contributed by atoms with van der Waals surface area (Å²) in [4.78, 5) is 20.2. The number of piperazine rings is 1. The minimum Gasteiger partial charge on any atom is -0.366 e. The summed E-state index contributed by atoms with van der Waals surface area (Å²) in [7, 11) is 0. The highest BCUT2D eigenvalue weighted by molar-refractivity contribution is 6.33. The van der Waals surface area contributed by atoms with Crippen LogP contribution < -0.4 is 10.6 Å². The molecule has 0 unspecified atom stereocenters. The van der Waals surface area contributed by atoms with Crippen LogP contribution in [0.25, 0.3) is 0 Å². The molecule has 5 nitrogen and oxygen atoms in total. The molecule has 2 fully saturated rings. The fourth-order valence-electron chi connectivity index (χ4n) is 3.37. The smallest absolute Gasteiger partial charge is 0.250 e. The second kappa shape index (κ2) is 6.20. The van der Waals surface area contributed by atoms with Crippen molar-refractivity contribution < 1.29 is 4.79 Å². The summed E-state index contributed by atoms with van der Waals surface area (Å²) in [5, 5.41) is 0.501. The number of rotatable bonds is 3. The van der Waals surface area contributed by atoms with E-state index in [0.29, 0.717) is 10.6 Å². The largest absolute Gasteiger partial charge is 0.366 e. The Morgan fingerprint density at radius 2 is 1.90 bits per heavy atom. The number of hydrogen-bond donors (Lipinski definition) is 1. The van der Waals surface area contributed by atoms with Crippen LogP contribution in [-0.4, -0.2) is 48.0 Å². The van der Waals surface area contributed by atoms with Crippen LogP contribution >= 0.6 is 11.6 Å². The molecule has 6 heteroatoms. The summed E-state index contributed by atoms with van der Waals surface area (Å²) in [6, 6.07) is 2.38. The van der Waals surface area contributed by atoms with Gasteiger partial charge in [-0.3, -0.25) is 9.69 Å². The summed E-state index contributed by atoms with van der Waals surface area (Å²) in [5.41, 5.74) is 5.60. The summed E-state index contributed by atoms with van der Waals surface area (Å²) in [6.07, 6.45) is 6.92. The number of carbonyl (C=O) groups is 1. The van der Waals surface area contributed by atoms with E-state index in [2.05, 4.69) is 14.8 Å². The van der Waals surface area contributed by atoms with Crippen LogP contribution in [0.5, 0.6) is 0 Å². The van der Waals surface area contributed by atoms with Gasteiger partial charge in [-0.25, -0.2) is 4.98 Å². The Hall–Kier alpha value is -1.33. The molecule has 114 valence electrons. The van der Waals surface area contributed by atoms with Crippen molar-refractivity contribution in [2.24, 2.45) is 5.73 Å². The van der Waals surface area contributed by atoms with E-state index in [1.54, 1.807) is 6.07 Å². The van der Waals surface area contributed by atoms with Crippen molar-refractivity contribution in [3.8, 4) is 0 Å². The molecule has 1 saturated carbocycles. The fourth-order valence-corrected chi connectivity index (χ4v) is 3.65. The maximum Gasteiger partial charge on any atom is 0.250 e. The third-order valence-corrected chi connectivity index (χ3v) is 4.84. The summed E-state index contributed by atoms with van der Waals surface area (Å²) in [6.45, 7) is 3.97. The normalized spacial score (nSPS) is 20.9. The zero-order valence-corrected chi connectivity index (χ0v) is 12.9. The van der Waals surface area contributed by atoms with E-state index in [0.717, 1.165) is 38.0 Å². The van der Waals surface area contributed by atoms with Gasteiger partial charge in [-0.15, -0.1) is 0 Å². The van der Waals surface area contributed by atoms with E-state index >= 15 is 0 Å². The Morgan fingerprint density at radius 3 is 2.48 bits per heavy atom. The van der Waals surface area contributed by atoms with E-state index in [4.69, 9.17) is 17.3 Å². The molecule has 0 spiro atoms. The molecule has 2 heterocycles. The van der Waals surface area contributed by atoms with Crippen molar-refractivity contribution in [1.82, 2.24) is 9.88 Å². The van der Waals surface area contributed by atoms with Crippen LogP contribution in [0.3, 0.4) is 0 Å². The van der Waals surface area contributed by atoms with Crippen molar-refractivity contribution in [1.29, 1.82) is 0 Å². The highest BCUT2D eigenvalue weighted by Crippen LogP contribution is 2.28. The number of nitrogens with two attached hydrogens (primary N) is 1. The monoisotopic (exact) mass is 308 g/mol. The number of amides is 1. The highest BCUT2D eigenvalue weighted by Gasteiger charge is 2.27. The predicted molar refractivity (Wildman–Crippen MR) is 83.8 cm³/mol. The fraction of sp³-hybridized carbons (Fsp3) is 0.600. The molecule has 1 aliphatic heterocycles. The minimum absolute atomic E-state index is 0.355. The minimum atomic E-state index is -0.498. The van der Waals surface area contributed by atoms with Crippen molar-refractivity contribution in [2.75, 3.05) is 31.1 Å². The second-order valence-corrected chi connectivity index (χ2v) is 6.26. The molecule has 1 aliphatic carbocycles. The molecule has 1 amide bonds. The average Bonchev–Trinajstić information content (AvgIpc) is 3.01. The summed E-state index contributed by atoms with van der Waals surface area (Å²) < 4.78 is 0. The number of carbonyl (C=O) groups excluding carboxylic acids is 1. The average molecular weight is 309 g/mol. The van der Waals surface area contributed by atoms with Gasteiger partial charge in [-0.1, -0.05) is 24.4 Å². The van der Waals surface area contributed by atoms with E-state index in [-0.39, 0.29) is 0 Å². The van der Waals surface area contributed by atoms with Crippen molar-refractivity contribution in [3.05, 3.63) is 22.8 Å². The lowest BCUT2D eigenvalue weighted by atomic mass is 10.2. The molecule has 1 saturated heterocycles. The van der Waals surface area contributed by atoms with Crippen molar-refractivity contribution >= 4 is 23.3 Å². The Bertz CT molecular complexity index is 522. The molecular weight excluding hydrogens is 288 g/mol. The molecule has 0 atom stereocenters.